The average molecular weight is 242 g/mol. The molecule has 3 heterocycles. The van der Waals surface area contributed by atoms with Crippen molar-refractivity contribution in [2.24, 2.45) is 0 Å². The Kier molecular flexibility index (Phi) is 2.40. The van der Waals surface area contributed by atoms with Crippen LogP contribution in [0.1, 0.15) is 11.5 Å². The van der Waals surface area contributed by atoms with Crippen molar-refractivity contribution in [1.29, 1.82) is 0 Å². The number of aryl methyl sites for hydroxylation is 2. The molecule has 6 heteroatoms. The molecule has 0 aliphatic heterocycles. The summed E-state index contributed by atoms with van der Waals surface area (Å²) < 4.78 is 10.6. The Balaban J connectivity index is 2.11. The van der Waals surface area contributed by atoms with Crippen LogP contribution in [0.15, 0.2) is 33.4 Å². The Morgan fingerprint density at radius 2 is 1.78 bits per heavy atom. The molecule has 0 atom stereocenters. The van der Waals surface area contributed by atoms with Gasteiger partial charge in [0, 0.05) is 6.92 Å². The lowest BCUT2D eigenvalue weighted by molar-refractivity contribution is 0.530. The molecule has 0 aliphatic rings. The lowest BCUT2D eigenvalue weighted by Gasteiger charge is -2.00. The maximum absolute atomic E-state index is 5.36. The Labute approximate surface area is 103 Å². The van der Waals surface area contributed by atoms with Gasteiger partial charge in [-0.3, -0.25) is 0 Å². The maximum atomic E-state index is 5.36. The third-order valence-electron chi connectivity index (χ3n) is 2.37. The topological polar surface area (TPSA) is 77.8 Å². The van der Waals surface area contributed by atoms with Crippen molar-refractivity contribution in [3.8, 4) is 23.2 Å². The molecular formula is C12H10N4O2. The van der Waals surface area contributed by atoms with E-state index in [-0.39, 0.29) is 0 Å². The smallest absolute Gasteiger partial charge is 0.266 e. The largest absolute Gasteiger partial charge is 0.443 e. The first kappa shape index (κ1) is 10.6. The molecule has 0 saturated heterocycles. The first-order chi connectivity index (χ1) is 8.72. The summed E-state index contributed by atoms with van der Waals surface area (Å²) in [6, 6.07) is 3.76. The van der Waals surface area contributed by atoms with E-state index in [0.29, 0.717) is 29.1 Å². The Hall–Kier alpha value is -2.50. The predicted molar refractivity (Wildman–Crippen MR) is 62.5 cm³/mol. The quantitative estimate of drug-likeness (QED) is 0.686. The van der Waals surface area contributed by atoms with E-state index in [1.165, 1.54) is 6.26 Å². The summed E-state index contributed by atoms with van der Waals surface area (Å²) in [6.45, 7) is 3.70. The molecule has 0 spiro atoms. The summed E-state index contributed by atoms with van der Waals surface area (Å²) in [5, 5.41) is 7.74. The van der Waals surface area contributed by atoms with Gasteiger partial charge in [0.25, 0.3) is 5.89 Å². The number of rotatable bonds is 2. The fraction of sp³-hybridized carbons (Fsp3) is 0.167. The summed E-state index contributed by atoms with van der Waals surface area (Å²) >= 11 is 0. The lowest BCUT2D eigenvalue weighted by Crippen LogP contribution is -1.90. The molecule has 3 rings (SSSR count). The first-order valence-electron chi connectivity index (χ1n) is 5.41. The molecule has 0 radical (unpaired) electrons. The third kappa shape index (κ3) is 1.88. The zero-order valence-corrected chi connectivity index (χ0v) is 9.91. The SMILES string of the molecule is Cc1cc(-c2ncco2)nc(-c2nnc(C)o2)c1. The van der Waals surface area contributed by atoms with Crippen LogP contribution in [0.25, 0.3) is 23.2 Å². The molecule has 0 unspecified atom stereocenters. The summed E-state index contributed by atoms with van der Waals surface area (Å²) in [6.07, 6.45) is 3.09. The van der Waals surface area contributed by atoms with Crippen LogP contribution in [0, 0.1) is 13.8 Å². The fourth-order valence-electron chi connectivity index (χ4n) is 1.64. The van der Waals surface area contributed by atoms with Crippen molar-refractivity contribution in [1.82, 2.24) is 20.2 Å². The van der Waals surface area contributed by atoms with E-state index in [1.807, 2.05) is 19.1 Å². The highest BCUT2D eigenvalue weighted by molar-refractivity contribution is 5.57. The van der Waals surface area contributed by atoms with E-state index in [9.17, 15) is 0 Å². The molecule has 3 aromatic rings. The van der Waals surface area contributed by atoms with Gasteiger partial charge in [0.2, 0.25) is 11.8 Å². The Morgan fingerprint density at radius 1 is 1.00 bits per heavy atom. The van der Waals surface area contributed by atoms with Gasteiger partial charge in [0.1, 0.15) is 17.7 Å². The van der Waals surface area contributed by atoms with Crippen molar-refractivity contribution in [2.75, 3.05) is 0 Å². The van der Waals surface area contributed by atoms with Gasteiger partial charge in [-0.15, -0.1) is 10.2 Å². The van der Waals surface area contributed by atoms with Gasteiger partial charge in [-0.05, 0) is 24.6 Å². The molecule has 0 N–H and O–H groups in total. The van der Waals surface area contributed by atoms with Crippen molar-refractivity contribution in [3.05, 3.63) is 36.0 Å². The molecule has 90 valence electrons. The molecular weight excluding hydrogens is 232 g/mol. The zero-order chi connectivity index (χ0) is 12.5. The maximum Gasteiger partial charge on any atom is 0.266 e. The lowest BCUT2D eigenvalue weighted by atomic mass is 10.2. The van der Waals surface area contributed by atoms with Crippen LogP contribution < -0.4 is 0 Å². The van der Waals surface area contributed by atoms with Gasteiger partial charge in [-0.1, -0.05) is 0 Å². The van der Waals surface area contributed by atoms with E-state index in [2.05, 4.69) is 20.2 Å². The van der Waals surface area contributed by atoms with Crippen LogP contribution in [0.2, 0.25) is 0 Å². The van der Waals surface area contributed by atoms with Crippen molar-refractivity contribution >= 4 is 0 Å². The number of oxazole rings is 1. The van der Waals surface area contributed by atoms with Crippen LogP contribution in [0.3, 0.4) is 0 Å². The van der Waals surface area contributed by atoms with E-state index >= 15 is 0 Å². The van der Waals surface area contributed by atoms with E-state index < -0.39 is 0 Å². The number of pyridine rings is 1. The number of hydrogen-bond acceptors (Lipinski definition) is 6. The second kappa shape index (κ2) is 4.06. The van der Waals surface area contributed by atoms with E-state index in [4.69, 9.17) is 8.83 Å². The van der Waals surface area contributed by atoms with E-state index in [1.54, 1.807) is 13.1 Å². The fourth-order valence-corrected chi connectivity index (χ4v) is 1.64. The minimum absolute atomic E-state index is 0.393. The second-order valence-corrected chi connectivity index (χ2v) is 3.88. The van der Waals surface area contributed by atoms with Crippen molar-refractivity contribution < 1.29 is 8.83 Å². The molecule has 0 amide bonds. The summed E-state index contributed by atoms with van der Waals surface area (Å²) in [5.74, 6) is 1.37. The first-order valence-corrected chi connectivity index (χ1v) is 5.41. The molecule has 18 heavy (non-hydrogen) atoms. The second-order valence-electron chi connectivity index (χ2n) is 3.88. The molecule has 3 aromatic heterocycles. The highest BCUT2D eigenvalue weighted by Crippen LogP contribution is 2.22. The number of aromatic nitrogens is 4. The van der Waals surface area contributed by atoms with Gasteiger partial charge >= 0.3 is 0 Å². The van der Waals surface area contributed by atoms with Crippen molar-refractivity contribution in [3.63, 3.8) is 0 Å². The highest BCUT2D eigenvalue weighted by Gasteiger charge is 2.12. The Morgan fingerprint density at radius 3 is 2.39 bits per heavy atom. The van der Waals surface area contributed by atoms with Gasteiger partial charge in [-0.2, -0.15) is 0 Å². The van der Waals surface area contributed by atoms with Crippen LogP contribution in [0.5, 0.6) is 0 Å². The van der Waals surface area contributed by atoms with E-state index in [0.717, 1.165) is 5.56 Å². The number of nitrogens with zero attached hydrogens (tertiary/aromatic N) is 4. The minimum Gasteiger partial charge on any atom is -0.443 e. The minimum atomic E-state index is 0.393. The third-order valence-corrected chi connectivity index (χ3v) is 2.37. The molecule has 6 nitrogen and oxygen atoms in total. The Bertz CT molecular complexity index is 673. The zero-order valence-electron chi connectivity index (χ0n) is 9.91. The van der Waals surface area contributed by atoms with Crippen LogP contribution in [-0.4, -0.2) is 20.2 Å². The summed E-state index contributed by atoms with van der Waals surface area (Å²) in [5.41, 5.74) is 2.28. The van der Waals surface area contributed by atoms with Crippen molar-refractivity contribution in [2.45, 2.75) is 13.8 Å². The molecule has 0 saturated carbocycles. The number of hydrogen-bond donors (Lipinski definition) is 0. The monoisotopic (exact) mass is 242 g/mol. The standard InChI is InChI=1S/C12H10N4O2/c1-7-5-9(11-13-3-4-17-11)14-10(6-7)12-16-15-8(2)18-12/h3-6H,1-2H3. The van der Waals surface area contributed by atoms with Crippen LogP contribution >= 0.6 is 0 Å². The molecule has 0 aromatic carbocycles. The molecule has 0 bridgehead atoms. The molecule has 0 fully saturated rings. The summed E-state index contributed by atoms with van der Waals surface area (Å²) in [7, 11) is 0. The van der Waals surface area contributed by atoms with Crippen LogP contribution in [-0.2, 0) is 0 Å². The van der Waals surface area contributed by atoms with Gasteiger partial charge < -0.3 is 8.83 Å². The summed E-state index contributed by atoms with van der Waals surface area (Å²) in [4.78, 5) is 8.48. The average Bonchev–Trinajstić information content (AvgIpc) is 2.98. The van der Waals surface area contributed by atoms with Gasteiger partial charge in [0.15, 0.2) is 0 Å². The normalized spacial score (nSPS) is 10.8. The van der Waals surface area contributed by atoms with Gasteiger partial charge in [-0.25, -0.2) is 9.97 Å². The van der Waals surface area contributed by atoms with Gasteiger partial charge in [0.05, 0.1) is 6.20 Å². The molecule has 0 aliphatic carbocycles. The van der Waals surface area contributed by atoms with Crippen LogP contribution in [0.4, 0.5) is 0 Å². The predicted octanol–water partition coefficient (Wildman–Crippen LogP) is 2.40. The highest BCUT2D eigenvalue weighted by atomic mass is 16.4.